The van der Waals surface area contributed by atoms with Crippen LogP contribution >= 0.6 is 15.9 Å². The standard InChI is InChI=1S/C16H14BrNO2/c1-10-5-4-6-11(16(10)17)13(19)9-15-18-12-7-2-3-8-14(12)20-15/h2-8,13,19H,9H2,1H3. The number of para-hydroxylation sites is 2. The number of hydrogen-bond donors (Lipinski definition) is 1. The first-order valence-electron chi connectivity index (χ1n) is 6.42. The summed E-state index contributed by atoms with van der Waals surface area (Å²) in [6.07, 6.45) is -0.283. The van der Waals surface area contributed by atoms with Gasteiger partial charge in [-0.15, -0.1) is 0 Å². The van der Waals surface area contributed by atoms with Crippen LogP contribution in [0.4, 0.5) is 0 Å². The van der Waals surface area contributed by atoms with Crippen molar-refractivity contribution in [1.29, 1.82) is 0 Å². The van der Waals surface area contributed by atoms with Crippen LogP contribution in [0.25, 0.3) is 11.1 Å². The lowest BCUT2D eigenvalue weighted by Gasteiger charge is -2.12. The third-order valence-corrected chi connectivity index (χ3v) is 4.37. The molecule has 0 aliphatic carbocycles. The number of oxazole rings is 1. The highest BCUT2D eigenvalue weighted by atomic mass is 79.9. The van der Waals surface area contributed by atoms with E-state index in [1.807, 2.05) is 49.4 Å². The fourth-order valence-corrected chi connectivity index (χ4v) is 2.74. The van der Waals surface area contributed by atoms with Gasteiger partial charge in [0.2, 0.25) is 0 Å². The Labute approximate surface area is 125 Å². The topological polar surface area (TPSA) is 46.3 Å². The normalized spacial score (nSPS) is 12.8. The van der Waals surface area contributed by atoms with Crippen LogP contribution in [0, 0.1) is 6.92 Å². The van der Waals surface area contributed by atoms with Crippen LogP contribution in [-0.2, 0) is 6.42 Å². The number of rotatable bonds is 3. The minimum Gasteiger partial charge on any atom is -0.441 e. The maximum Gasteiger partial charge on any atom is 0.198 e. The summed E-state index contributed by atoms with van der Waals surface area (Å²) in [6.45, 7) is 2.00. The largest absolute Gasteiger partial charge is 0.441 e. The van der Waals surface area contributed by atoms with Crippen molar-refractivity contribution in [3.8, 4) is 0 Å². The van der Waals surface area contributed by atoms with Gasteiger partial charge in [0, 0.05) is 4.47 Å². The van der Waals surface area contributed by atoms with Gasteiger partial charge >= 0.3 is 0 Å². The molecule has 1 heterocycles. The monoisotopic (exact) mass is 331 g/mol. The molecule has 1 unspecified atom stereocenters. The molecule has 3 aromatic rings. The van der Waals surface area contributed by atoms with E-state index in [4.69, 9.17) is 4.42 Å². The van der Waals surface area contributed by atoms with E-state index in [2.05, 4.69) is 20.9 Å². The lowest BCUT2D eigenvalue weighted by molar-refractivity contribution is 0.168. The Morgan fingerprint density at radius 3 is 2.80 bits per heavy atom. The zero-order chi connectivity index (χ0) is 14.1. The second kappa shape index (κ2) is 5.38. The van der Waals surface area contributed by atoms with Crippen molar-refractivity contribution in [1.82, 2.24) is 4.98 Å². The number of aromatic nitrogens is 1. The molecule has 0 saturated carbocycles. The molecule has 0 saturated heterocycles. The maximum atomic E-state index is 10.4. The van der Waals surface area contributed by atoms with Crippen molar-refractivity contribution >= 4 is 27.0 Å². The van der Waals surface area contributed by atoms with Crippen LogP contribution in [0.1, 0.15) is 23.1 Å². The van der Waals surface area contributed by atoms with Crippen molar-refractivity contribution in [2.45, 2.75) is 19.4 Å². The predicted octanol–water partition coefficient (Wildman–Crippen LogP) is 4.17. The van der Waals surface area contributed by atoms with E-state index in [9.17, 15) is 5.11 Å². The molecule has 0 amide bonds. The van der Waals surface area contributed by atoms with E-state index in [-0.39, 0.29) is 0 Å². The van der Waals surface area contributed by atoms with Crippen LogP contribution < -0.4 is 0 Å². The molecule has 0 bridgehead atoms. The van der Waals surface area contributed by atoms with Crippen molar-refractivity contribution in [3.05, 3.63) is 64.0 Å². The number of hydrogen-bond acceptors (Lipinski definition) is 3. The summed E-state index contributed by atoms with van der Waals surface area (Å²) in [5.74, 6) is 0.548. The van der Waals surface area contributed by atoms with Gasteiger partial charge in [-0.2, -0.15) is 0 Å². The first-order chi connectivity index (χ1) is 9.65. The minimum absolute atomic E-state index is 0.358. The number of aliphatic hydroxyl groups is 1. The van der Waals surface area contributed by atoms with E-state index in [0.29, 0.717) is 12.3 Å². The second-order valence-electron chi connectivity index (χ2n) is 4.77. The summed E-state index contributed by atoms with van der Waals surface area (Å²) in [5.41, 5.74) is 3.52. The summed E-state index contributed by atoms with van der Waals surface area (Å²) in [6, 6.07) is 13.4. The van der Waals surface area contributed by atoms with Gasteiger partial charge in [0.05, 0.1) is 12.5 Å². The molecular weight excluding hydrogens is 318 g/mol. The lowest BCUT2D eigenvalue weighted by atomic mass is 10.0. The van der Waals surface area contributed by atoms with Gasteiger partial charge in [0.15, 0.2) is 11.5 Å². The highest BCUT2D eigenvalue weighted by Gasteiger charge is 2.16. The first-order valence-corrected chi connectivity index (χ1v) is 7.22. The van der Waals surface area contributed by atoms with Crippen molar-refractivity contribution in [2.24, 2.45) is 0 Å². The Hall–Kier alpha value is -1.65. The van der Waals surface area contributed by atoms with Crippen LogP contribution in [0.3, 0.4) is 0 Å². The van der Waals surface area contributed by atoms with Gasteiger partial charge in [-0.1, -0.05) is 46.3 Å². The summed E-state index contributed by atoms with van der Waals surface area (Å²) < 4.78 is 6.58. The number of benzene rings is 2. The molecule has 0 aliphatic rings. The molecule has 3 rings (SSSR count). The number of aliphatic hydroxyl groups excluding tert-OH is 1. The highest BCUT2D eigenvalue weighted by molar-refractivity contribution is 9.10. The molecule has 2 aromatic carbocycles. The minimum atomic E-state index is -0.641. The van der Waals surface area contributed by atoms with Gasteiger partial charge in [-0.3, -0.25) is 0 Å². The number of nitrogens with zero attached hydrogens (tertiary/aromatic N) is 1. The predicted molar refractivity (Wildman–Crippen MR) is 81.6 cm³/mol. The Balaban J connectivity index is 1.88. The smallest absolute Gasteiger partial charge is 0.198 e. The molecule has 3 nitrogen and oxygen atoms in total. The fraction of sp³-hybridized carbons (Fsp3) is 0.188. The van der Waals surface area contributed by atoms with Crippen LogP contribution in [0.2, 0.25) is 0 Å². The number of halogens is 1. The van der Waals surface area contributed by atoms with Crippen LogP contribution in [0.5, 0.6) is 0 Å². The third-order valence-electron chi connectivity index (χ3n) is 3.29. The molecular formula is C16H14BrNO2. The molecule has 0 fully saturated rings. The van der Waals surface area contributed by atoms with Crippen LogP contribution in [0.15, 0.2) is 51.4 Å². The lowest BCUT2D eigenvalue weighted by Crippen LogP contribution is -2.03. The zero-order valence-corrected chi connectivity index (χ0v) is 12.6. The molecule has 0 aliphatic heterocycles. The molecule has 0 spiro atoms. The summed E-state index contributed by atoms with van der Waals surface area (Å²) in [5, 5.41) is 10.4. The van der Waals surface area contributed by atoms with Gasteiger partial charge in [0.1, 0.15) is 5.52 Å². The molecule has 102 valence electrons. The molecule has 1 N–H and O–H groups in total. The molecule has 1 atom stereocenters. The summed E-state index contributed by atoms with van der Waals surface area (Å²) in [7, 11) is 0. The number of fused-ring (bicyclic) bond motifs is 1. The Kier molecular flexibility index (Phi) is 3.59. The average molecular weight is 332 g/mol. The average Bonchev–Trinajstić information content (AvgIpc) is 2.83. The van der Waals surface area contributed by atoms with E-state index < -0.39 is 6.10 Å². The van der Waals surface area contributed by atoms with Gasteiger partial charge < -0.3 is 9.52 Å². The summed E-state index contributed by atoms with van der Waals surface area (Å²) in [4.78, 5) is 4.39. The molecule has 4 heteroatoms. The third kappa shape index (κ3) is 2.49. The molecule has 20 heavy (non-hydrogen) atoms. The van der Waals surface area contributed by atoms with Gasteiger partial charge in [-0.25, -0.2) is 4.98 Å². The Bertz CT molecular complexity index is 718. The number of aryl methyl sites for hydroxylation is 1. The highest BCUT2D eigenvalue weighted by Crippen LogP contribution is 2.29. The van der Waals surface area contributed by atoms with E-state index in [1.165, 1.54) is 0 Å². The molecule has 0 radical (unpaired) electrons. The summed E-state index contributed by atoms with van der Waals surface area (Å²) >= 11 is 3.52. The van der Waals surface area contributed by atoms with Gasteiger partial charge in [0.25, 0.3) is 0 Å². The first kappa shape index (κ1) is 13.3. The molecule has 1 aromatic heterocycles. The SMILES string of the molecule is Cc1cccc(C(O)Cc2nc3ccccc3o2)c1Br. The maximum absolute atomic E-state index is 10.4. The van der Waals surface area contributed by atoms with Crippen molar-refractivity contribution in [3.63, 3.8) is 0 Å². The fourth-order valence-electron chi connectivity index (χ4n) is 2.21. The van der Waals surface area contributed by atoms with Gasteiger partial charge in [-0.05, 0) is 30.2 Å². The van der Waals surface area contributed by atoms with Crippen LogP contribution in [-0.4, -0.2) is 10.1 Å². The Morgan fingerprint density at radius 2 is 2.00 bits per heavy atom. The van der Waals surface area contributed by atoms with Crippen molar-refractivity contribution < 1.29 is 9.52 Å². The van der Waals surface area contributed by atoms with E-state index >= 15 is 0 Å². The Morgan fingerprint density at radius 1 is 1.20 bits per heavy atom. The zero-order valence-electron chi connectivity index (χ0n) is 11.0. The van der Waals surface area contributed by atoms with E-state index in [0.717, 1.165) is 26.7 Å². The quantitative estimate of drug-likeness (QED) is 0.783. The van der Waals surface area contributed by atoms with E-state index in [1.54, 1.807) is 0 Å². The van der Waals surface area contributed by atoms with Crippen molar-refractivity contribution in [2.75, 3.05) is 0 Å². The second-order valence-corrected chi connectivity index (χ2v) is 5.57.